The Morgan fingerprint density at radius 2 is 1.85 bits per heavy atom. The molecular weight excluding hydrogens is 455 g/mol. The van der Waals surface area contributed by atoms with Gasteiger partial charge in [-0.05, 0) is 44.0 Å². The van der Waals surface area contributed by atoms with Gasteiger partial charge < -0.3 is 14.6 Å². The number of nitrogens with one attached hydrogen (secondary N) is 1. The zero-order valence-corrected chi connectivity index (χ0v) is 20.3. The third kappa shape index (κ3) is 6.23. The second kappa shape index (κ2) is 11.1. The standard InChI is InChI=1S/C26H30ClFN4O2/c1-18(2)29-25(33)17-32-16-24(30-26(32)21-7-8-23(28)22(27)15-21)20-5-3-19(4-6-20)9-10-31-11-13-34-14-12-31/h3-8,15-16,18H,9-14,17H2,1-2H3,(H,29,33). The minimum absolute atomic E-state index is 0.0184. The van der Waals surface area contributed by atoms with E-state index in [0.717, 1.165) is 50.5 Å². The Balaban J connectivity index is 1.55. The van der Waals surface area contributed by atoms with Crippen LogP contribution in [0, 0.1) is 5.82 Å². The Labute approximate surface area is 204 Å². The van der Waals surface area contributed by atoms with E-state index in [2.05, 4.69) is 34.5 Å². The summed E-state index contributed by atoms with van der Waals surface area (Å²) in [5.41, 5.74) is 3.61. The minimum Gasteiger partial charge on any atom is -0.379 e. The van der Waals surface area contributed by atoms with Crippen LogP contribution < -0.4 is 5.32 Å². The van der Waals surface area contributed by atoms with Crippen molar-refractivity contribution in [1.29, 1.82) is 0 Å². The maximum atomic E-state index is 13.7. The number of morpholine rings is 1. The van der Waals surface area contributed by atoms with Crippen LogP contribution in [0.25, 0.3) is 22.6 Å². The number of imidazole rings is 1. The van der Waals surface area contributed by atoms with E-state index >= 15 is 0 Å². The predicted octanol–water partition coefficient (Wildman–Crippen LogP) is 4.41. The molecule has 0 saturated carbocycles. The van der Waals surface area contributed by atoms with Gasteiger partial charge in [-0.25, -0.2) is 9.37 Å². The number of amides is 1. The number of halogens is 2. The summed E-state index contributed by atoms with van der Waals surface area (Å²) in [5, 5.41) is 2.92. The number of hydrogen-bond donors (Lipinski definition) is 1. The first kappa shape index (κ1) is 24.4. The molecule has 0 bridgehead atoms. The molecule has 0 aliphatic carbocycles. The smallest absolute Gasteiger partial charge is 0.240 e. The summed E-state index contributed by atoms with van der Waals surface area (Å²) < 4.78 is 20.9. The zero-order valence-electron chi connectivity index (χ0n) is 19.6. The fourth-order valence-electron chi connectivity index (χ4n) is 4.02. The predicted molar refractivity (Wildman–Crippen MR) is 132 cm³/mol. The third-order valence-corrected chi connectivity index (χ3v) is 6.08. The van der Waals surface area contributed by atoms with Gasteiger partial charge in [-0.15, -0.1) is 0 Å². The highest BCUT2D eigenvalue weighted by molar-refractivity contribution is 6.31. The molecule has 0 unspecified atom stereocenters. The lowest BCUT2D eigenvalue weighted by molar-refractivity contribution is -0.122. The topological polar surface area (TPSA) is 59.4 Å². The van der Waals surface area contributed by atoms with Crippen molar-refractivity contribution in [1.82, 2.24) is 19.8 Å². The molecule has 1 fully saturated rings. The van der Waals surface area contributed by atoms with Crippen molar-refractivity contribution in [3.63, 3.8) is 0 Å². The van der Waals surface area contributed by atoms with Crippen LogP contribution in [0.5, 0.6) is 0 Å². The first-order chi connectivity index (χ1) is 16.4. The number of carbonyl (C=O) groups is 1. The molecule has 6 nitrogen and oxygen atoms in total. The maximum absolute atomic E-state index is 13.7. The Morgan fingerprint density at radius 1 is 1.15 bits per heavy atom. The average molecular weight is 485 g/mol. The van der Waals surface area contributed by atoms with E-state index < -0.39 is 5.82 Å². The molecule has 0 spiro atoms. The summed E-state index contributed by atoms with van der Waals surface area (Å²) in [7, 11) is 0. The summed E-state index contributed by atoms with van der Waals surface area (Å²) in [6, 6.07) is 12.8. The quantitative estimate of drug-likeness (QED) is 0.514. The van der Waals surface area contributed by atoms with Gasteiger partial charge in [-0.2, -0.15) is 0 Å². The minimum atomic E-state index is -0.492. The molecule has 1 amide bonds. The summed E-state index contributed by atoms with van der Waals surface area (Å²) >= 11 is 6.02. The molecule has 1 aliphatic rings. The van der Waals surface area contributed by atoms with Gasteiger partial charge >= 0.3 is 0 Å². The highest BCUT2D eigenvalue weighted by Crippen LogP contribution is 2.28. The van der Waals surface area contributed by atoms with E-state index in [1.54, 1.807) is 10.6 Å². The van der Waals surface area contributed by atoms with Gasteiger partial charge in [0.2, 0.25) is 5.91 Å². The molecule has 3 aromatic rings. The van der Waals surface area contributed by atoms with Crippen molar-refractivity contribution in [2.24, 2.45) is 0 Å². The van der Waals surface area contributed by atoms with Crippen LogP contribution in [0.4, 0.5) is 4.39 Å². The molecule has 2 heterocycles. The Kier molecular flexibility index (Phi) is 7.98. The lowest BCUT2D eigenvalue weighted by Crippen LogP contribution is -2.37. The van der Waals surface area contributed by atoms with Gasteiger partial charge in [0.15, 0.2) is 0 Å². The van der Waals surface area contributed by atoms with E-state index in [1.165, 1.54) is 17.7 Å². The van der Waals surface area contributed by atoms with E-state index in [1.807, 2.05) is 20.0 Å². The second-order valence-electron chi connectivity index (χ2n) is 8.83. The maximum Gasteiger partial charge on any atom is 0.240 e. The van der Waals surface area contributed by atoms with Gasteiger partial charge in [0.25, 0.3) is 0 Å². The molecule has 1 aromatic heterocycles. The fourth-order valence-corrected chi connectivity index (χ4v) is 4.20. The van der Waals surface area contributed by atoms with Gasteiger partial charge in [-0.1, -0.05) is 35.9 Å². The van der Waals surface area contributed by atoms with Crippen LogP contribution in [0.15, 0.2) is 48.7 Å². The fraction of sp³-hybridized carbons (Fsp3) is 0.385. The molecule has 180 valence electrons. The Hall–Kier alpha value is -2.74. The van der Waals surface area contributed by atoms with Crippen molar-refractivity contribution in [2.45, 2.75) is 32.9 Å². The number of carbonyl (C=O) groups excluding carboxylic acids is 1. The molecule has 1 aliphatic heterocycles. The summed E-state index contributed by atoms with van der Waals surface area (Å²) in [5.74, 6) is -0.0481. The molecule has 8 heteroatoms. The summed E-state index contributed by atoms with van der Waals surface area (Å²) in [6.07, 6.45) is 2.83. The average Bonchev–Trinajstić information content (AvgIpc) is 3.23. The third-order valence-electron chi connectivity index (χ3n) is 5.79. The number of hydrogen-bond acceptors (Lipinski definition) is 4. The van der Waals surface area contributed by atoms with Crippen LogP contribution in [0.3, 0.4) is 0 Å². The van der Waals surface area contributed by atoms with Crippen molar-refractivity contribution < 1.29 is 13.9 Å². The molecule has 0 atom stereocenters. The van der Waals surface area contributed by atoms with Crippen molar-refractivity contribution in [2.75, 3.05) is 32.8 Å². The lowest BCUT2D eigenvalue weighted by atomic mass is 10.1. The summed E-state index contributed by atoms with van der Waals surface area (Å²) in [4.78, 5) is 19.7. The highest BCUT2D eigenvalue weighted by atomic mass is 35.5. The molecule has 1 N–H and O–H groups in total. The van der Waals surface area contributed by atoms with Gasteiger partial charge in [-0.3, -0.25) is 9.69 Å². The molecule has 0 radical (unpaired) electrons. The van der Waals surface area contributed by atoms with Gasteiger partial charge in [0.05, 0.1) is 23.9 Å². The largest absolute Gasteiger partial charge is 0.379 e. The number of rotatable bonds is 8. The van der Waals surface area contributed by atoms with Gasteiger partial charge in [0.1, 0.15) is 18.2 Å². The van der Waals surface area contributed by atoms with Crippen LogP contribution in [0.2, 0.25) is 5.02 Å². The van der Waals surface area contributed by atoms with Crippen LogP contribution in [-0.4, -0.2) is 59.2 Å². The van der Waals surface area contributed by atoms with Crippen LogP contribution in [0.1, 0.15) is 19.4 Å². The molecule has 4 rings (SSSR count). The number of nitrogens with zero attached hydrogens (tertiary/aromatic N) is 3. The second-order valence-corrected chi connectivity index (χ2v) is 9.24. The molecule has 2 aromatic carbocycles. The van der Waals surface area contributed by atoms with Crippen molar-refractivity contribution in [3.8, 4) is 22.6 Å². The van der Waals surface area contributed by atoms with Gasteiger partial charge in [0, 0.05) is 43.0 Å². The molecule has 1 saturated heterocycles. The Bertz CT molecular complexity index is 1120. The normalized spacial score (nSPS) is 14.5. The van der Waals surface area contributed by atoms with Crippen molar-refractivity contribution in [3.05, 3.63) is 65.1 Å². The first-order valence-corrected chi connectivity index (χ1v) is 12.0. The summed E-state index contributed by atoms with van der Waals surface area (Å²) in [6.45, 7) is 8.52. The molecular formula is C26H30ClFN4O2. The number of aromatic nitrogens is 2. The zero-order chi connectivity index (χ0) is 24.1. The van der Waals surface area contributed by atoms with E-state index in [-0.39, 0.29) is 23.5 Å². The van der Waals surface area contributed by atoms with E-state index in [0.29, 0.717) is 11.4 Å². The number of ether oxygens (including phenoxy) is 1. The Morgan fingerprint density at radius 3 is 2.53 bits per heavy atom. The first-order valence-electron chi connectivity index (χ1n) is 11.6. The lowest BCUT2D eigenvalue weighted by Gasteiger charge is -2.26. The van der Waals surface area contributed by atoms with E-state index in [4.69, 9.17) is 21.3 Å². The molecule has 34 heavy (non-hydrogen) atoms. The van der Waals surface area contributed by atoms with E-state index in [9.17, 15) is 9.18 Å². The van der Waals surface area contributed by atoms with Crippen molar-refractivity contribution >= 4 is 17.5 Å². The highest BCUT2D eigenvalue weighted by Gasteiger charge is 2.16. The monoisotopic (exact) mass is 484 g/mol. The van der Waals surface area contributed by atoms with Crippen LogP contribution in [-0.2, 0) is 22.5 Å². The number of benzene rings is 2. The SMILES string of the molecule is CC(C)NC(=O)Cn1cc(-c2ccc(CCN3CCOCC3)cc2)nc1-c1ccc(F)c(Cl)c1. The van der Waals surface area contributed by atoms with Crippen LogP contribution >= 0.6 is 11.6 Å².